The van der Waals surface area contributed by atoms with Crippen molar-refractivity contribution in [1.82, 2.24) is 4.90 Å². The highest BCUT2D eigenvalue weighted by atomic mass is 19.1. The third kappa shape index (κ3) is 3.21. The normalized spacial score (nSPS) is 15.7. The van der Waals surface area contributed by atoms with Gasteiger partial charge < -0.3 is 4.90 Å². The minimum absolute atomic E-state index is 0.0995. The molecule has 5 rings (SSSR count). The van der Waals surface area contributed by atoms with Crippen molar-refractivity contribution < 1.29 is 14.0 Å². The first kappa shape index (κ1) is 20.2. The Morgan fingerprint density at radius 1 is 0.875 bits per heavy atom. The Labute approximate surface area is 186 Å². The number of rotatable bonds is 4. The minimum Gasteiger partial charge on any atom is -0.336 e. The standard InChI is InChI=1S/C27H23FN2O2/c1-17-11-12-20(15-18(17)2)24-25(29-14-13-19-7-4-6-10-23(19)29)27(32)30(26(24)31)16-21-8-3-5-9-22(21)28/h3-12,15H,13-14,16H2,1-2H3. The van der Waals surface area contributed by atoms with Crippen molar-refractivity contribution in [3.8, 4) is 0 Å². The monoisotopic (exact) mass is 426 g/mol. The van der Waals surface area contributed by atoms with Gasteiger partial charge in [-0.15, -0.1) is 0 Å². The van der Waals surface area contributed by atoms with Gasteiger partial charge in [0.2, 0.25) is 0 Å². The number of halogens is 1. The number of carbonyl (C=O) groups excluding carboxylic acids is 2. The van der Waals surface area contributed by atoms with E-state index >= 15 is 0 Å². The molecule has 5 heteroatoms. The van der Waals surface area contributed by atoms with Crippen molar-refractivity contribution >= 4 is 23.1 Å². The van der Waals surface area contributed by atoms with E-state index in [0.717, 1.165) is 28.8 Å². The number of para-hydroxylation sites is 1. The number of amides is 2. The summed E-state index contributed by atoms with van der Waals surface area (Å²) < 4.78 is 14.3. The average Bonchev–Trinajstić information content (AvgIpc) is 3.31. The molecule has 32 heavy (non-hydrogen) atoms. The molecular formula is C27H23FN2O2. The molecule has 0 N–H and O–H groups in total. The molecule has 0 radical (unpaired) electrons. The van der Waals surface area contributed by atoms with Crippen LogP contribution in [0.15, 0.2) is 72.4 Å². The van der Waals surface area contributed by atoms with E-state index < -0.39 is 5.82 Å². The number of fused-ring (bicyclic) bond motifs is 1. The van der Waals surface area contributed by atoms with Gasteiger partial charge in [-0.05, 0) is 54.7 Å². The smallest absolute Gasteiger partial charge is 0.278 e. The van der Waals surface area contributed by atoms with Gasteiger partial charge in [0, 0.05) is 17.8 Å². The average molecular weight is 426 g/mol. The van der Waals surface area contributed by atoms with Crippen LogP contribution in [0.1, 0.15) is 27.8 Å². The summed E-state index contributed by atoms with van der Waals surface area (Å²) in [5.41, 5.74) is 6.03. The van der Waals surface area contributed by atoms with Crippen molar-refractivity contribution in [2.75, 3.05) is 11.4 Å². The second-order valence-corrected chi connectivity index (χ2v) is 8.34. The van der Waals surface area contributed by atoms with E-state index in [2.05, 4.69) is 0 Å². The van der Waals surface area contributed by atoms with Crippen LogP contribution in [0.25, 0.3) is 5.57 Å². The summed E-state index contributed by atoms with van der Waals surface area (Å²) in [4.78, 5) is 30.4. The fourth-order valence-corrected chi connectivity index (χ4v) is 4.48. The fraction of sp³-hybridized carbons (Fsp3) is 0.185. The quantitative estimate of drug-likeness (QED) is 0.564. The molecule has 0 spiro atoms. The molecule has 3 aromatic rings. The third-order valence-corrected chi connectivity index (χ3v) is 6.38. The van der Waals surface area contributed by atoms with Crippen molar-refractivity contribution in [3.05, 3.63) is 106 Å². The Hall–Kier alpha value is -3.73. The molecule has 0 aromatic heterocycles. The molecule has 2 amide bonds. The number of imide groups is 1. The number of nitrogens with zero attached hydrogens (tertiary/aromatic N) is 2. The highest BCUT2D eigenvalue weighted by molar-refractivity contribution is 6.36. The molecule has 160 valence electrons. The molecule has 0 unspecified atom stereocenters. The first-order chi connectivity index (χ1) is 15.5. The molecule has 3 aromatic carbocycles. The van der Waals surface area contributed by atoms with E-state index in [-0.39, 0.29) is 18.4 Å². The van der Waals surface area contributed by atoms with E-state index in [9.17, 15) is 14.0 Å². The molecule has 0 saturated heterocycles. The molecule has 2 aliphatic rings. The number of hydrogen-bond donors (Lipinski definition) is 0. The summed E-state index contributed by atoms with van der Waals surface area (Å²) in [5.74, 6) is -1.20. The van der Waals surface area contributed by atoms with Gasteiger partial charge in [-0.2, -0.15) is 0 Å². The first-order valence-corrected chi connectivity index (χ1v) is 10.7. The van der Waals surface area contributed by atoms with Gasteiger partial charge in [-0.1, -0.05) is 54.6 Å². The first-order valence-electron chi connectivity index (χ1n) is 10.7. The Morgan fingerprint density at radius 3 is 2.41 bits per heavy atom. The Bertz CT molecular complexity index is 1290. The van der Waals surface area contributed by atoms with E-state index in [1.807, 2.05) is 61.2 Å². The predicted octanol–water partition coefficient (Wildman–Crippen LogP) is 4.79. The van der Waals surface area contributed by atoms with Crippen LogP contribution in [0.3, 0.4) is 0 Å². The number of aryl methyl sites for hydroxylation is 2. The van der Waals surface area contributed by atoms with Gasteiger partial charge >= 0.3 is 0 Å². The van der Waals surface area contributed by atoms with E-state index in [0.29, 0.717) is 28.9 Å². The maximum Gasteiger partial charge on any atom is 0.278 e. The number of anilines is 1. The topological polar surface area (TPSA) is 40.6 Å². The highest BCUT2D eigenvalue weighted by Gasteiger charge is 2.43. The van der Waals surface area contributed by atoms with Crippen LogP contribution in [-0.2, 0) is 22.6 Å². The van der Waals surface area contributed by atoms with E-state index in [1.54, 1.807) is 18.2 Å². The van der Waals surface area contributed by atoms with Crippen molar-refractivity contribution in [1.29, 1.82) is 0 Å². The summed E-state index contributed by atoms with van der Waals surface area (Å²) in [6, 6.07) is 20.0. The summed E-state index contributed by atoms with van der Waals surface area (Å²) in [6.45, 7) is 4.52. The van der Waals surface area contributed by atoms with Crippen LogP contribution in [0.5, 0.6) is 0 Å². The van der Waals surface area contributed by atoms with Gasteiger partial charge in [-0.3, -0.25) is 14.5 Å². The molecule has 0 atom stereocenters. The van der Waals surface area contributed by atoms with Crippen LogP contribution in [-0.4, -0.2) is 23.3 Å². The van der Waals surface area contributed by atoms with Crippen molar-refractivity contribution in [3.63, 3.8) is 0 Å². The Kier molecular flexibility index (Phi) is 4.89. The number of benzene rings is 3. The maximum absolute atomic E-state index is 14.3. The summed E-state index contributed by atoms with van der Waals surface area (Å²) in [5, 5.41) is 0. The zero-order valence-electron chi connectivity index (χ0n) is 18.1. The SMILES string of the molecule is Cc1ccc(C2=C(N3CCc4ccccc43)C(=O)N(Cc3ccccc3F)C2=O)cc1C. The third-order valence-electron chi connectivity index (χ3n) is 6.38. The lowest BCUT2D eigenvalue weighted by atomic mass is 9.99. The summed E-state index contributed by atoms with van der Waals surface area (Å²) in [6.07, 6.45) is 0.800. The predicted molar refractivity (Wildman–Crippen MR) is 122 cm³/mol. The van der Waals surface area contributed by atoms with E-state index in [4.69, 9.17) is 0 Å². The number of carbonyl (C=O) groups is 2. The van der Waals surface area contributed by atoms with Crippen molar-refractivity contribution in [2.24, 2.45) is 0 Å². The second kappa shape index (κ2) is 7.75. The summed E-state index contributed by atoms with van der Waals surface area (Å²) in [7, 11) is 0. The van der Waals surface area contributed by atoms with Crippen LogP contribution in [0.4, 0.5) is 10.1 Å². The highest BCUT2D eigenvalue weighted by Crippen LogP contribution is 2.39. The van der Waals surface area contributed by atoms with Crippen LogP contribution in [0.2, 0.25) is 0 Å². The van der Waals surface area contributed by atoms with Crippen molar-refractivity contribution in [2.45, 2.75) is 26.8 Å². The molecule has 4 nitrogen and oxygen atoms in total. The molecule has 0 bridgehead atoms. The number of hydrogen-bond acceptors (Lipinski definition) is 3. The molecule has 0 fully saturated rings. The lowest BCUT2D eigenvalue weighted by Gasteiger charge is -2.22. The zero-order valence-corrected chi connectivity index (χ0v) is 18.1. The zero-order chi connectivity index (χ0) is 22.4. The van der Waals surface area contributed by atoms with Gasteiger partial charge in [-0.25, -0.2) is 4.39 Å². The van der Waals surface area contributed by atoms with Gasteiger partial charge in [0.15, 0.2) is 0 Å². The van der Waals surface area contributed by atoms with Gasteiger partial charge in [0.05, 0.1) is 12.1 Å². The lowest BCUT2D eigenvalue weighted by molar-refractivity contribution is -0.137. The summed E-state index contributed by atoms with van der Waals surface area (Å²) >= 11 is 0. The second-order valence-electron chi connectivity index (χ2n) is 8.34. The largest absolute Gasteiger partial charge is 0.336 e. The fourth-order valence-electron chi connectivity index (χ4n) is 4.48. The molecule has 0 aliphatic carbocycles. The van der Waals surface area contributed by atoms with E-state index in [1.165, 1.54) is 11.0 Å². The molecular weight excluding hydrogens is 403 g/mol. The molecule has 2 aliphatic heterocycles. The van der Waals surface area contributed by atoms with Crippen LogP contribution in [0, 0.1) is 19.7 Å². The van der Waals surface area contributed by atoms with Crippen LogP contribution < -0.4 is 4.90 Å². The van der Waals surface area contributed by atoms with Gasteiger partial charge in [0.1, 0.15) is 11.5 Å². The van der Waals surface area contributed by atoms with Gasteiger partial charge in [0.25, 0.3) is 11.8 Å². The minimum atomic E-state index is -0.430. The maximum atomic E-state index is 14.3. The molecule has 2 heterocycles. The Balaban J connectivity index is 1.64. The molecule has 0 saturated carbocycles. The van der Waals surface area contributed by atoms with Crippen LogP contribution >= 0.6 is 0 Å². The Morgan fingerprint density at radius 2 is 1.62 bits per heavy atom. The lowest BCUT2D eigenvalue weighted by Crippen LogP contribution is -2.34.